The molecule has 0 atom stereocenters. The molecule has 728 valence electrons. The minimum Gasteiger partial charge on any atom is -0.870 e. The van der Waals surface area contributed by atoms with E-state index in [0.29, 0.717) is 0 Å². The van der Waals surface area contributed by atoms with Gasteiger partial charge in [-0.25, -0.2) is 0 Å². The monoisotopic (exact) mass is 1710 g/mol. The van der Waals surface area contributed by atoms with Crippen LogP contribution in [-0.4, -0.2) is 550 Å². The molecule has 0 saturated heterocycles. The summed E-state index contributed by atoms with van der Waals surface area (Å²) in [5.41, 5.74) is 0. The smallest absolute Gasteiger partial charge is 0.870 e. The van der Waals surface area contributed by atoms with Gasteiger partial charge in [0.1, 0.15) is 0 Å². The Bertz CT molecular complexity index is 19.2. The van der Waals surface area contributed by atoms with E-state index >= 15 is 0 Å². The molecule has 94 heteroatoms. The molecule has 173 N–H and O–H groups in total. The summed E-state index contributed by atoms with van der Waals surface area (Å²) in [6.45, 7) is 0. The van der Waals surface area contributed by atoms with Crippen LogP contribution in [-0.2, 0) is 0 Å². The third-order valence-corrected chi connectivity index (χ3v) is 0. The Morgan fingerprint density at radius 2 is 0.0319 bits per heavy atom. The zero-order valence-corrected chi connectivity index (χ0v) is 50.2. The molecule has 91 nitrogen and oxygen atoms in total. The average Bonchev–Trinajstić information content (AvgIpc) is 0. The van der Waals surface area contributed by atoms with Crippen LogP contribution in [0.1, 0.15) is 0 Å². The molecule has 0 aromatic heterocycles. The van der Waals surface area contributed by atoms with Crippen LogP contribution >= 0.6 is 0 Å². The van der Waals surface area contributed by atoms with Crippen LogP contribution in [0.4, 0.5) is 0 Å². The second-order valence-electron chi connectivity index (χ2n) is 0. The van der Waals surface area contributed by atoms with E-state index in [1.807, 2.05) is 0 Å². The van der Waals surface area contributed by atoms with E-state index in [1.165, 1.54) is 0 Å². The first-order chi connectivity index (χ1) is 0. The van der Waals surface area contributed by atoms with E-state index in [-0.39, 0.29) is 550 Å². The minimum absolute atomic E-state index is 0. The summed E-state index contributed by atoms with van der Waals surface area (Å²) in [7, 11) is 0. The van der Waals surface area contributed by atoms with Gasteiger partial charge in [0.15, 0.2) is 0 Å². The fourth-order valence-electron chi connectivity index (χ4n) is 0. The van der Waals surface area contributed by atoms with Gasteiger partial charge >= 0.3 is 52.1 Å². The normalized spacial score (nSPS) is 0. The van der Waals surface area contributed by atoms with Crippen LogP contribution in [0.2, 0.25) is 0 Å². The summed E-state index contributed by atoms with van der Waals surface area (Å²) < 4.78 is 0. The van der Waals surface area contributed by atoms with Gasteiger partial charge in [-0.15, -0.1) is 0 Å². The fraction of sp³-hybridized carbons (Fsp3) is 0. The van der Waals surface area contributed by atoms with Crippen molar-refractivity contribution in [1.29, 1.82) is 0 Å². The maximum Gasteiger partial charge on any atom is 3.00 e. The molecule has 0 amide bonds. The first-order valence-corrected chi connectivity index (χ1v) is 0. The zero-order valence-electron chi connectivity index (χ0n) is 46.8. The van der Waals surface area contributed by atoms with Crippen molar-refractivity contribution in [3.63, 3.8) is 0 Å². The molecular formula is H173Al3O91. The number of hydrogen-bond acceptors (Lipinski definition) is 9. The third-order valence-electron chi connectivity index (χ3n) is 0. The van der Waals surface area contributed by atoms with Crippen LogP contribution in [0, 0.1) is 0 Å². The molecule has 0 aliphatic rings. The van der Waals surface area contributed by atoms with Gasteiger partial charge in [0.25, 0.3) is 0 Å². The van der Waals surface area contributed by atoms with Crippen molar-refractivity contribution in [1.82, 2.24) is 0 Å². The van der Waals surface area contributed by atoms with Crippen LogP contribution in [0.3, 0.4) is 0 Å². The standard InChI is InChI=1S/3Al.91H2O/h;;;91*1H2/q3*+3;;;;;;;;;;;;;;;;;;;;;;;;;;;;;;;;;;;;;;;;;;;;;;;;;;;;;;;;;;;;;;;;;;;;;;;;;;;;;;;;;;;;;;;;;;;/p-9. The van der Waals surface area contributed by atoms with Gasteiger partial charge < -0.3 is 498 Å². The second kappa shape index (κ2) is 176000. The Balaban J connectivity index is 0. The van der Waals surface area contributed by atoms with Crippen molar-refractivity contribution in [2.75, 3.05) is 0 Å². The third kappa shape index (κ3) is 171000. The predicted molar refractivity (Wildman–Crippen MR) is 331 cm³/mol. The van der Waals surface area contributed by atoms with Crippen molar-refractivity contribution in [2.45, 2.75) is 0 Å². The Hall–Kier alpha value is -2.04. The fourth-order valence-corrected chi connectivity index (χ4v) is 0. The van der Waals surface area contributed by atoms with Crippen molar-refractivity contribution in [3.05, 3.63) is 0 Å². The minimum atomic E-state index is 0. The molecule has 0 unspecified atom stereocenters. The summed E-state index contributed by atoms with van der Waals surface area (Å²) >= 11 is 0. The van der Waals surface area contributed by atoms with Gasteiger partial charge in [-0.05, 0) is 0 Å². The van der Waals surface area contributed by atoms with E-state index < -0.39 is 0 Å². The SMILES string of the molecule is O.O.O.O.O.O.O.O.O.O.O.O.O.O.O.O.O.O.O.O.O.O.O.O.O.O.O.O.O.O.O.O.O.O.O.O.O.O.O.O.O.O.O.O.O.O.O.O.O.O.O.O.O.O.O.O.O.O.O.O.O.O.O.O.O.O.O.O.O.O.O.O.O.O.O.O.O.O.O.O.O.O.[Al+3].[Al+3].[Al+3].[OH-].[OH-].[OH-].[OH-].[OH-].[OH-].[OH-].[OH-].[OH-]. The molecule has 0 aromatic rings. The summed E-state index contributed by atoms with van der Waals surface area (Å²) in [4.78, 5) is 0. The molecule has 0 aliphatic heterocycles. The van der Waals surface area contributed by atoms with Crippen molar-refractivity contribution < 1.29 is 498 Å². The Morgan fingerprint density at radius 1 is 0.0319 bits per heavy atom. The van der Waals surface area contributed by atoms with Crippen molar-refractivity contribution >= 4 is 52.1 Å². The molecule has 0 aromatic carbocycles. The van der Waals surface area contributed by atoms with Gasteiger partial charge in [0, 0.05) is 0 Å². The van der Waals surface area contributed by atoms with Crippen molar-refractivity contribution in [3.8, 4) is 0 Å². The Labute approximate surface area is 551 Å². The molecule has 0 bridgehead atoms. The molecule has 0 spiro atoms. The molecule has 0 saturated carbocycles. The first kappa shape index (κ1) is 182000. The van der Waals surface area contributed by atoms with Crippen LogP contribution in [0.25, 0.3) is 0 Å². The largest absolute Gasteiger partial charge is 3.00 e. The van der Waals surface area contributed by atoms with E-state index in [4.69, 9.17) is 0 Å². The zero-order chi connectivity index (χ0) is 0. The quantitative estimate of drug-likeness (QED) is 0.208. The van der Waals surface area contributed by atoms with E-state index in [1.54, 1.807) is 0 Å². The Morgan fingerprint density at radius 3 is 0.0319 bits per heavy atom. The van der Waals surface area contributed by atoms with Gasteiger partial charge in [-0.3, -0.25) is 0 Å². The molecule has 94 heavy (non-hydrogen) atoms. The van der Waals surface area contributed by atoms with Crippen molar-refractivity contribution in [2.24, 2.45) is 0 Å². The van der Waals surface area contributed by atoms with Gasteiger partial charge in [-0.2, -0.15) is 0 Å². The molecular weight excluding hydrogens is 1540 g/mol. The maximum atomic E-state index is 0. The van der Waals surface area contributed by atoms with Gasteiger partial charge in [0.2, 0.25) is 0 Å². The first-order valence-electron chi connectivity index (χ1n) is 0. The van der Waals surface area contributed by atoms with E-state index in [9.17, 15) is 0 Å². The predicted octanol–water partition coefficient (Wildman–Crippen LogP) is -70.4. The van der Waals surface area contributed by atoms with Crippen LogP contribution < -0.4 is 0 Å². The number of hydrogen-bond donors (Lipinski definition) is 0. The molecule has 0 rings (SSSR count). The summed E-state index contributed by atoms with van der Waals surface area (Å²) in [6.07, 6.45) is 0. The maximum absolute atomic E-state index is 0. The van der Waals surface area contributed by atoms with Gasteiger partial charge in [0.05, 0.1) is 0 Å². The molecule has 0 aliphatic carbocycles. The van der Waals surface area contributed by atoms with Crippen LogP contribution in [0.5, 0.6) is 0 Å². The molecule has 0 heterocycles. The topological polar surface area (TPSA) is 2850 Å². The summed E-state index contributed by atoms with van der Waals surface area (Å²) in [6, 6.07) is 0. The van der Waals surface area contributed by atoms with E-state index in [0.717, 1.165) is 0 Å². The summed E-state index contributed by atoms with van der Waals surface area (Å²) in [5, 5.41) is 0. The Kier molecular flexibility index (Phi) is 342000000. The van der Waals surface area contributed by atoms with Gasteiger partial charge in [-0.1, -0.05) is 0 Å². The van der Waals surface area contributed by atoms with E-state index in [2.05, 4.69) is 0 Å². The number of rotatable bonds is 0. The molecule has 0 fully saturated rings. The average molecular weight is 1710 g/mol. The summed E-state index contributed by atoms with van der Waals surface area (Å²) in [5.74, 6) is 0. The second-order valence-corrected chi connectivity index (χ2v) is 0. The molecule has 0 radical (unpaired) electrons. The van der Waals surface area contributed by atoms with Crippen LogP contribution in [0.15, 0.2) is 0 Å².